The second-order valence-electron chi connectivity index (χ2n) is 8.85. The average molecular weight is 412 g/mol. The van der Waals surface area contributed by atoms with E-state index in [1.165, 1.54) is 11.3 Å². The number of Topliss-reactive ketones (excluding diaryl/α,β-unsaturated/α-hetero) is 1. The first-order valence-electron chi connectivity index (χ1n) is 9.85. The summed E-state index contributed by atoms with van der Waals surface area (Å²) in [6.07, 6.45) is 1.40. The van der Waals surface area contributed by atoms with Gasteiger partial charge in [-0.2, -0.15) is 0 Å². The number of hydrogen-bond donors (Lipinski definition) is 1. The van der Waals surface area contributed by atoms with E-state index in [0.717, 1.165) is 28.9 Å². The fraction of sp³-hybridized carbons (Fsp3) is 0.455. The predicted molar refractivity (Wildman–Crippen MR) is 114 cm³/mol. The minimum Gasteiger partial charge on any atom is -0.311 e. The van der Waals surface area contributed by atoms with Gasteiger partial charge >= 0.3 is 0 Å². The van der Waals surface area contributed by atoms with Gasteiger partial charge in [-0.3, -0.25) is 14.4 Å². The summed E-state index contributed by atoms with van der Waals surface area (Å²) in [5.74, 6) is -0.611. The van der Waals surface area contributed by atoms with Crippen LogP contribution in [0.3, 0.4) is 0 Å². The lowest BCUT2D eigenvalue weighted by Gasteiger charge is -2.26. The lowest BCUT2D eigenvalue weighted by atomic mass is 9.78. The number of benzene rings is 1. The van der Waals surface area contributed by atoms with Gasteiger partial charge in [0.25, 0.3) is 0 Å². The summed E-state index contributed by atoms with van der Waals surface area (Å²) in [4.78, 5) is 44.6. The van der Waals surface area contributed by atoms with Gasteiger partial charge in [0.05, 0.1) is 16.5 Å². The van der Waals surface area contributed by atoms with Gasteiger partial charge in [-0.25, -0.2) is 4.98 Å². The number of thiazole rings is 1. The molecule has 4 rings (SSSR count). The minimum atomic E-state index is -0.435. The third-order valence-electron chi connectivity index (χ3n) is 5.83. The molecule has 1 atom stereocenters. The van der Waals surface area contributed by atoms with Crippen molar-refractivity contribution in [1.82, 2.24) is 4.98 Å². The molecule has 1 aliphatic carbocycles. The summed E-state index contributed by atoms with van der Waals surface area (Å²) in [7, 11) is 0. The summed E-state index contributed by atoms with van der Waals surface area (Å²) in [5, 5.41) is 3.29. The Hall–Kier alpha value is -2.54. The predicted octanol–water partition coefficient (Wildman–Crippen LogP) is 3.91. The van der Waals surface area contributed by atoms with Gasteiger partial charge in [-0.1, -0.05) is 37.3 Å². The molecule has 0 saturated carbocycles. The average Bonchev–Trinajstić information content (AvgIpc) is 3.20. The highest BCUT2D eigenvalue weighted by atomic mass is 32.1. The van der Waals surface area contributed by atoms with Gasteiger partial charge in [0.2, 0.25) is 11.8 Å². The maximum Gasteiger partial charge on any atom is 0.231 e. The molecule has 2 aliphatic rings. The van der Waals surface area contributed by atoms with Crippen molar-refractivity contribution in [2.24, 2.45) is 11.3 Å². The monoisotopic (exact) mass is 411 g/mol. The van der Waals surface area contributed by atoms with Crippen molar-refractivity contribution in [3.8, 4) is 0 Å². The van der Waals surface area contributed by atoms with Crippen LogP contribution in [-0.2, 0) is 16.0 Å². The quantitative estimate of drug-likeness (QED) is 0.831. The maximum absolute atomic E-state index is 12.8. The molecule has 152 valence electrons. The molecule has 0 bridgehead atoms. The van der Waals surface area contributed by atoms with Crippen molar-refractivity contribution < 1.29 is 14.4 Å². The Morgan fingerprint density at radius 1 is 1.24 bits per heavy atom. The molecule has 2 heterocycles. The van der Waals surface area contributed by atoms with Crippen molar-refractivity contribution in [3.05, 3.63) is 39.9 Å². The van der Waals surface area contributed by atoms with Crippen LogP contribution in [0.15, 0.2) is 18.2 Å². The number of amides is 2. The third-order valence-corrected chi connectivity index (χ3v) is 6.88. The van der Waals surface area contributed by atoms with Crippen LogP contribution in [0.2, 0.25) is 0 Å². The fourth-order valence-electron chi connectivity index (χ4n) is 4.13. The highest BCUT2D eigenvalue weighted by Crippen LogP contribution is 2.38. The SMILES string of the molecule is Cc1cccc(N2CC(C(=O)Nc3nc4c(s3)C(=O)CC(C)(C)C4)CC2=O)c1C. The second kappa shape index (κ2) is 7.06. The molecule has 2 amide bonds. The van der Waals surface area contributed by atoms with Gasteiger partial charge in [0, 0.05) is 25.1 Å². The maximum atomic E-state index is 12.8. The number of aromatic nitrogens is 1. The van der Waals surface area contributed by atoms with Crippen LogP contribution in [0, 0.1) is 25.2 Å². The number of anilines is 2. The lowest BCUT2D eigenvalue weighted by Crippen LogP contribution is -2.28. The van der Waals surface area contributed by atoms with Crippen LogP contribution < -0.4 is 10.2 Å². The molecule has 0 spiro atoms. The van der Waals surface area contributed by atoms with E-state index in [2.05, 4.69) is 24.1 Å². The van der Waals surface area contributed by atoms with Crippen LogP contribution in [0.25, 0.3) is 0 Å². The van der Waals surface area contributed by atoms with E-state index < -0.39 is 5.92 Å². The molecule has 1 aliphatic heterocycles. The summed E-state index contributed by atoms with van der Waals surface area (Å²) in [5.41, 5.74) is 3.69. The Bertz CT molecular complexity index is 1020. The number of carbonyl (C=O) groups is 3. The van der Waals surface area contributed by atoms with Gasteiger partial charge in [0.1, 0.15) is 0 Å². The molecule has 1 N–H and O–H groups in total. The molecule has 7 heteroatoms. The zero-order valence-corrected chi connectivity index (χ0v) is 18.0. The highest BCUT2D eigenvalue weighted by Gasteiger charge is 2.37. The number of nitrogens with one attached hydrogen (secondary N) is 1. The molecule has 2 aromatic rings. The van der Waals surface area contributed by atoms with E-state index in [0.29, 0.717) is 23.0 Å². The van der Waals surface area contributed by atoms with Crippen LogP contribution in [0.5, 0.6) is 0 Å². The molecule has 0 radical (unpaired) electrons. The number of hydrogen-bond acceptors (Lipinski definition) is 5. The fourth-order valence-corrected chi connectivity index (χ4v) is 5.05. The molecule has 1 unspecified atom stereocenters. The first-order valence-corrected chi connectivity index (χ1v) is 10.7. The lowest BCUT2D eigenvalue weighted by molar-refractivity contribution is -0.122. The van der Waals surface area contributed by atoms with E-state index in [4.69, 9.17) is 0 Å². The Morgan fingerprint density at radius 2 is 2.00 bits per heavy atom. The summed E-state index contributed by atoms with van der Waals surface area (Å²) < 4.78 is 0. The molecular formula is C22H25N3O3S. The van der Waals surface area contributed by atoms with Crippen molar-refractivity contribution >= 4 is 39.8 Å². The topological polar surface area (TPSA) is 79.4 Å². The molecule has 1 fully saturated rings. The van der Waals surface area contributed by atoms with Crippen molar-refractivity contribution in [3.63, 3.8) is 0 Å². The number of rotatable bonds is 3. The molecule has 29 heavy (non-hydrogen) atoms. The van der Waals surface area contributed by atoms with E-state index in [1.54, 1.807) is 4.90 Å². The van der Waals surface area contributed by atoms with E-state index in [-0.39, 0.29) is 29.4 Å². The van der Waals surface area contributed by atoms with Crippen LogP contribution in [0.4, 0.5) is 10.8 Å². The van der Waals surface area contributed by atoms with Gasteiger partial charge in [-0.15, -0.1) is 0 Å². The van der Waals surface area contributed by atoms with Gasteiger partial charge < -0.3 is 10.2 Å². The summed E-state index contributed by atoms with van der Waals surface area (Å²) in [6.45, 7) is 8.46. The van der Waals surface area contributed by atoms with Gasteiger partial charge in [-0.05, 0) is 42.9 Å². The summed E-state index contributed by atoms with van der Waals surface area (Å²) >= 11 is 1.24. The number of aryl methyl sites for hydroxylation is 1. The van der Waals surface area contributed by atoms with Crippen molar-refractivity contribution in [1.29, 1.82) is 0 Å². The minimum absolute atomic E-state index is 0.0470. The number of fused-ring (bicyclic) bond motifs is 1. The molecule has 6 nitrogen and oxygen atoms in total. The Kier molecular flexibility index (Phi) is 4.81. The number of carbonyl (C=O) groups excluding carboxylic acids is 3. The first-order chi connectivity index (χ1) is 13.6. The van der Waals surface area contributed by atoms with E-state index in [9.17, 15) is 14.4 Å². The molecule has 1 saturated heterocycles. The highest BCUT2D eigenvalue weighted by molar-refractivity contribution is 7.17. The zero-order chi connectivity index (χ0) is 20.9. The smallest absolute Gasteiger partial charge is 0.231 e. The number of nitrogens with zero attached hydrogens (tertiary/aromatic N) is 2. The van der Waals surface area contributed by atoms with Crippen LogP contribution in [-0.4, -0.2) is 29.1 Å². The molecule has 1 aromatic carbocycles. The zero-order valence-electron chi connectivity index (χ0n) is 17.2. The van der Waals surface area contributed by atoms with Gasteiger partial charge in [0.15, 0.2) is 10.9 Å². The Morgan fingerprint density at radius 3 is 2.76 bits per heavy atom. The van der Waals surface area contributed by atoms with E-state index in [1.807, 2.05) is 32.0 Å². The van der Waals surface area contributed by atoms with E-state index >= 15 is 0 Å². The first kappa shape index (κ1) is 19.8. The third kappa shape index (κ3) is 3.71. The van der Waals surface area contributed by atoms with Crippen molar-refractivity contribution in [2.75, 3.05) is 16.8 Å². The normalized spacial score (nSPS) is 20.7. The largest absolute Gasteiger partial charge is 0.311 e. The van der Waals surface area contributed by atoms with Crippen LogP contribution in [0.1, 0.15) is 53.2 Å². The molecule has 1 aromatic heterocycles. The summed E-state index contributed by atoms with van der Waals surface area (Å²) in [6, 6.07) is 5.86. The number of ketones is 1. The Balaban J connectivity index is 1.48. The van der Waals surface area contributed by atoms with Crippen molar-refractivity contribution in [2.45, 2.75) is 47.0 Å². The van der Waals surface area contributed by atoms with Crippen LogP contribution >= 0.6 is 11.3 Å². The standard InChI is InChI=1S/C22H25N3O3S/c1-12-6-5-7-16(13(12)2)25-11-14(8-18(25)27)20(28)24-21-23-15-9-22(3,4)10-17(26)19(15)29-21/h5-7,14H,8-11H2,1-4H3,(H,23,24,28). The second-order valence-corrected chi connectivity index (χ2v) is 9.85. The Labute approximate surface area is 174 Å². The molecular weight excluding hydrogens is 386 g/mol.